The predicted molar refractivity (Wildman–Crippen MR) is 162 cm³/mol. The summed E-state index contributed by atoms with van der Waals surface area (Å²) >= 11 is 0. The molecule has 2 aromatic carbocycles. The second kappa shape index (κ2) is 11.6. The zero-order valence-electron chi connectivity index (χ0n) is 25.3. The summed E-state index contributed by atoms with van der Waals surface area (Å²) < 4.78 is 69.8. The van der Waals surface area contributed by atoms with Gasteiger partial charge >= 0.3 is 6.18 Å². The second-order valence-electron chi connectivity index (χ2n) is 12.0. The molecule has 3 heterocycles. The van der Waals surface area contributed by atoms with Crippen LogP contribution in [0, 0.1) is 12.7 Å². The molecule has 2 aliphatic rings. The maximum Gasteiger partial charge on any atom is 0.424 e. The van der Waals surface area contributed by atoms with Crippen molar-refractivity contribution in [1.29, 1.82) is 0 Å². The van der Waals surface area contributed by atoms with E-state index in [1.807, 2.05) is 0 Å². The molecule has 13 heteroatoms. The number of benzene rings is 2. The van der Waals surface area contributed by atoms with Gasteiger partial charge in [-0.05, 0) is 92.9 Å². The molecule has 1 aliphatic heterocycles. The van der Waals surface area contributed by atoms with Crippen molar-refractivity contribution >= 4 is 11.8 Å². The lowest BCUT2D eigenvalue weighted by Gasteiger charge is -2.31. The van der Waals surface area contributed by atoms with Crippen molar-refractivity contribution in [2.75, 3.05) is 13.2 Å². The number of fused-ring (bicyclic) bond motifs is 1. The number of primary amides is 1. The fourth-order valence-corrected chi connectivity index (χ4v) is 5.33. The van der Waals surface area contributed by atoms with Crippen molar-refractivity contribution in [3.63, 3.8) is 0 Å². The van der Waals surface area contributed by atoms with Crippen LogP contribution in [0.25, 0.3) is 22.4 Å². The number of aromatic nitrogens is 2. The number of hydrogen-bond donors (Lipinski definition) is 3. The monoisotopic (exact) mass is 650 g/mol. The molecule has 9 nitrogen and oxygen atoms in total. The number of nitrogens with one attached hydrogen (secondary N) is 1. The van der Waals surface area contributed by atoms with Crippen LogP contribution in [0.2, 0.25) is 0 Å². The molecule has 0 spiro atoms. The molecule has 1 saturated carbocycles. The molecular formula is C34H30F4N4O5. The van der Waals surface area contributed by atoms with Crippen LogP contribution in [0.1, 0.15) is 47.1 Å². The maximum atomic E-state index is 14.8. The molecule has 2 aromatic heterocycles. The van der Waals surface area contributed by atoms with Crippen molar-refractivity contribution in [2.45, 2.75) is 50.0 Å². The summed E-state index contributed by atoms with van der Waals surface area (Å²) in [5.74, 6) is -1.90. The van der Waals surface area contributed by atoms with Gasteiger partial charge in [0.05, 0.1) is 18.3 Å². The maximum absolute atomic E-state index is 14.8. The molecular weight excluding hydrogens is 620 g/mol. The molecule has 244 valence electrons. The fourth-order valence-electron chi connectivity index (χ4n) is 5.33. The van der Waals surface area contributed by atoms with Gasteiger partial charge in [-0.1, -0.05) is 0 Å². The highest BCUT2D eigenvalue weighted by Gasteiger charge is 2.57. The molecule has 1 aliphatic carbocycles. The van der Waals surface area contributed by atoms with Gasteiger partial charge in [-0.25, -0.2) is 9.37 Å². The minimum absolute atomic E-state index is 0.0192. The highest BCUT2D eigenvalue weighted by atomic mass is 19.4. The number of pyridine rings is 2. The van der Waals surface area contributed by atoms with Crippen molar-refractivity contribution in [3.8, 4) is 33.9 Å². The van der Waals surface area contributed by atoms with Gasteiger partial charge in [-0.15, -0.1) is 0 Å². The Balaban J connectivity index is 1.38. The van der Waals surface area contributed by atoms with Crippen LogP contribution >= 0.6 is 0 Å². The third kappa shape index (κ3) is 5.98. The topological polar surface area (TPSA) is 137 Å². The zero-order valence-corrected chi connectivity index (χ0v) is 25.3. The minimum atomic E-state index is -5.36. The number of alkyl halides is 3. The Hall–Kier alpha value is -5.04. The third-order valence-electron chi connectivity index (χ3n) is 8.40. The number of nitrogens with zero attached hydrogens (tertiary/aromatic N) is 2. The molecule has 4 aromatic rings. The number of ether oxygens (including phenoxy) is 2. The van der Waals surface area contributed by atoms with Gasteiger partial charge in [0.1, 0.15) is 35.0 Å². The summed E-state index contributed by atoms with van der Waals surface area (Å²) in [6.07, 6.45) is -1.94. The Labute approximate surface area is 266 Å². The van der Waals surface area contributed by atoms with Crippen LogP contribution in [-0.2, 0) is 15.8 Å². The number of carbonyl (C=O) groups is 2. The number of nitrogens with two attached hydrogens (primary N) is 1. The van der Waals surface area contributed by atoms with E-state index in [1.165, 1.54) is 31.2 Å². The van der Waals surface area contributed by atoms with Gasteiger partial charge in [-0.2, -0.15) is 13.2 Å². The Morgan fingerprint density at radius 1 is 1.09 bits per heavy atom. The van der Waals surface area contributed by atoms with Crippen LogP contribution in [-0.4, -0.2) is 52.3 Å². The standard InChI is InChI=1S/C34H30F4N4O5/c1-18-13-20(11-12-40-18)24-14-21(5-10-26(24)47-23-8-9-23)30(43)41-16-33(45,34(36,37)38)27-15-25-29(46-17-32(25,2)31(39)44)28(42-27)19-3-6-22(35)7-4-19/h3-7,10-15,23,45H,8-9,16-17H2,1-2H3,(H2,39,44)(H,41,43)/t32-,33?/m0/s1. The summed E-state index contributed by atoms with van der Waals surface area (Å²) in [5, 5.41) is 13.5. The van der Waals surface area contributed by atoms with E-state index in [-0.39, 0.29) is 40.8 Å². The van der Waals surface area contributed by atoms with Crippen molar-refractivity contribution < 1.29 is 41.7 Å². The van der Waals surface area contributed by atoms with Gasteiger partial charge in [0.25, 0.3) is 5.91 Å². The SMILES string of the molecule is Cc1cc(-c2cc(C(=O)NCC(O)(c3cc4c(c(-c5ccc(F)cc5)n3)OC[C@]4(C)C(N)=O)C(F)(F)F)ccc2OC2CC2)ccn1. The number of hydrogen-bond acceptors (Lipinski definition) is 7. The van der Waals surface area contributed by atoms with Gasteiger partial charge in [0.2, 0.25) is 11.5 Å². The lowest BCUT2D eigenvalue weighted by molar-refractivity contribution is -0.265. The molecule has 6 rings (SSSR count). The van der Waals surface area contributed by atoms with E-state index in [0.717, 1.165) is 31.0 Å². The Morgan fingerprint density at radius 3 is 2.45 bits per heavy atom. The van der Waals surface area contributed by atoms with E-state index in [2.05, 4.69) is 15.3 Å². The molecule has 1 unspecified atom stereocenters. The number of aryl methyl sites for hydroxylation is 1. The van der Waals surface area contributed by atoms with Crippen LogP contribution in [0.3, 0.4) is 0 Å². The molecule has 2 amide bonds. The summed E-state index contributed by atoms with van der Waals surface area (Å²) in [6, 6.07) is 13.7. The predicted octanol–water partition coefficient (Wildman–Crippen LogP) is 5.11. The quantitative estimate of drug-likeness (QED) is 0.214. The van der Waals surface area contributed by atoms with E-state index >= 15 is 0 Å². The first-order valence-corrected chi connectivity index (χ1v) is 14.8. The number of rotatable bonds is 9. The van der Waals surface area contributed by atoms with Gasteiger partial charge in [0.15, 0.2) is 0 Å². The van der Waals surface area contributed by atoms with E-state index < -0.39 is 47.1 Å². The fraction of sp³-hybridized carbons (Fsp3) is 0.294. The van der Waals surface area contributed by atoms with E-state index in [0.29, 0.717) is 22.6 Å². The summed E-state index contributed by atoms with van der Waals surface area (Å²) in [5.41, 5.74) is 1.36. The molecule has 0 radical (unpaired) electrons. The molecule has 47 heavy (non-hydrogen) atoms. The van der Waals surface area contributed by atoms with Gasteiger partial charge in [0, 0.05) is 34.1 Å². The molecule has 0 bridgehead atoms. The Morgan fingerprint density at radius 2 is 1.81 bits per heavy atom. The normalized spacial score (nSPS) is 18.5. The molecule has 2 atom stereocenters. The Bertz CT molecular complexity index is 1880. The number of amides is 2. The van der Waals surface area contributed by atoms with Crippen molar-refractivity contribution in [2.24, 2.45) is 5.73 Å². The largest absolute Gasteiger partial charge is 0.490 e. The average molecular weight is 651 g/mol. The second-order valence-corrected chi connectivity index (χ2v) is 12.0. The lowest BCUT2D eigenvalue weighted by Crippen LogP contribution is -2.51. The lowest BCUT2D eigenvalue weighted by atomic mass is 9.81. The highest BCUT2D eigenvalue weighted by molar-refractivity contribution is 5.96. The van der Waals surface area contributed by atoms with Crippen molar-refractivity contribution in [1.82, 2.24) is 15.3 Å². The summed E-state index contributed by atoms with van der Waals surface area (Å²) in [6.45, 7) is 1.57. The number of halogens is 4. The van der Waals surface area contributed by atoms with E-state index in [9.17, 15) is 32.3 Å². The van der Waals surface area contributed by atoms with Gasteiger partial charge in [-0.3, -0.25) is 14.6 Å². The average Bonchev–Trinajstić information content (AvgIpc) is 3.79. The minimum Gasteiger partial charge on any atom is -0.490 e. The molecule has 0 saturated heterocycles. The summed E-state index contributed by atoms with van der Waals surface area (Å²) in [7, 11) is 0. The van der Waals surface area contributed by atoms with Crippen molar-refractivity contribution in [3.05, 3.63) is 95.2 Å². The first-order valence-electron chi connectivity index (χ1n) is 14.8. The van der Waals surface area contributed by atoms with Crippen LogP contribution < -0.4 is 20.5 Å². The highest BCUT2D eigenvalue weighted by Crippen LogP contribution is 2.48. The Kier molecular flexibility index (Phi) is 7.91. The van der Waals surface area contributed by atoms with Gasteiger partial charge < -0.3 is 25.6 Å². The van der Waals surface area contributed by atoms with E-state index in [1.54, 1.807) is 31.3 Å². The molecule has 4 N–H and O–H groups in total. The summed E-state index contributed by atoms with van der Waals surface area (Å²) in [4.78, 5) is 34.1. The molecule has 1 fully saturated rings. The van der Waals surface area contributed by atoms with Crippen LogP contribution in [0.5, 0.6) is 11.5 Å². The zero-order chi connectivity index (χ0) is 33.7. The van der Waals surface area contributed by atoms with E-state index in [4.69, 9.17) is 15.2 Å². The first kappa shape index (κ1) is 31.9. The van der Waals surface area contributed by atoms with Crippen LogP contribution in [0.15, 0.2) is 66.9 Å². The third-order valence-corrected chi connectivity index (χ3v) is 8.40. The smallest absolute Gasteiger partial charge is 0.424 e. The first-order chi connectivity index (χ1) is 22.2. The number of aliphatic hydroxyl groups is 1. The van der Waals surface area contributed by atoms with Crippen LogP contribution in [0.4, 0.5) is 17.6 Å². The number of carbonyl (C=O) groups excluding carboxylic acids is 2.